The summed E-state index contributed by atoms with van der Waals surface area (Å²) in [4.78, 5) is 12.1. The number of nitrogens with zero attached hydrogens (tertiary/aromatic N) is 1. The van der Waals surface area contributed by atoms with Crippen LogP contribution in [0.2, 0.25) is 0 Å². The van der Waals surface area contributed by atoms with Crippen molar-refractivity contribution in [1.29, 1.82) is 0 Å². The third-order valence-corrected chi connectivity index (χ3v) is 5.98. The predicted octanol–water partition coefficient (Wildman–Crippen LogP) is 0.181. The molecule has 0 aromatic rings. The van der Waals surface area contributed by atoms with Gasteiger partial charge in [-0.15, -0.1) is 0 Å². The molecule has 1 aliphatic rings. The summed E-state index contributed by atoms with van der Waals surface area (Å²) >= 11 is 0. The first-order valence-electron chi connectivity index (χ1n) is 7.20. The second-order valence-electron chi connectivity index (χ2n) is 5.53. The molecule has 7 heteroatoms. The lowest BCUT2D eigenvalue weighted by molar-refractivity contribution is -0.127. The molecule has 2 N–H and O–H groups in total. The monoisotopic (exact) mass is 306 g/mol. The molecule has 2 atom stereocenters. The van der Waals surface area contributed by atoms with Crippen LogP contribution in [0.4, 0.5) is 0 Å². The Morgan fingerprint density at radius 3 is 2.35 bits per heavy atom. The molecule has 0 radical (unpaired) electrons. The van der Waals surface area contributed by atoms with E-state index in [1.807, 2.05) is 13.8 Å². The van der Waals surface area contributed by atoms with Crippen LogP contribution >= 0.6 is 0 Å². The minimum atomic E-state index is -3.14. The van der Waals surface area contributed by atoms with Crippen LogP contribution in [-0.4, -0.2) is 55.2 Å². The van der Waals surface area contributed by atoms with Crippen LogP contribution in [0.3, 0.4) is 0 Å². The third-order valence-electron chi connectivity index (χ3n) is 4.09. The van der Waals surface area contributed by atoms with E-state index in [-0.39, 0.29) is 36.1 Å². The number of rotatable bonds is 6. The zero-order valence-corrected chi connectivity index (χ0v) is 13.3. The molecule has 0 aliphatic carbocycles. The Bertz CT molecular complexity index is 416. The van der Waals surface area contributed by atoms with Crippen LogP contribution in [0, 0.1) is 11.8 Å². The van der Waals surface area contributed by atoms with Crippen LogP contribution in [-0.2, 0) is 14.8 Å². The van der Waals surface area contributed by atoms with Gasteiger partial charge in [-0.05, 0) is 32.6 Å². The number of amides is 1. The summed E-state index contributed by atoms with van der Waals surface area (Å²) in [5.41, 5.74) is 0. The standard InChI is InChI=1S/C13H26N2O4S/c1-4-20(18,19)15-7-5-12(6-8-15)13(17)14-11(3)10(2)9-16/h10-12,16H,4-9H2,1-3H3,(H,14,17). The van der Waals surface area contributed by atoms with Gasteiger partial charge < -0.3 is 10.4 Å². The van der Waals surface area contributed by atoms with E-state index in [4.69, 9.17) is 5.11 Å². The molecule has 6 nitrogen and oxygen atoms in total. The molecule has 1 rings (SSSR count). The van der Waals surface area contributed by atoms with Crippen molar-refractivity contribution < 1.29 is 18.3 Å². The Hall–Kier alpha value is -0.660. The quantitative estimate of drug-likeness (QED) is 0.733. The molecule has 0 spiro atoms. The highest BCUT2D eigenvalue weighted by molar-refractivity contribution is 7.89. The van der Waals surface area contributed by atoms with Crippen molar-refractivity contribution in [2.75, 3.05) is 25.4 Å². The summed E-state index contributed by atoms with van der Waals surface area (Å²) < 4.78 is 24.9. The Labute approximate surface area is 121 Å². The number of hydrogen-bond acceptors (Lipinski definition) is 4. The number of piperidine rings is 1. The fourth-order valence-corrected chi connectivity index (χ4v) is 3.35. The summed E-state index contributed by atoms with van der Waals surface area (Å²) in [6.45, 7) is 6.24. The van der Waals surface area contributed by atoms with E-state index in [0.717, 1.165) is 0 Å². The molecule has 20 heavy (non-hydrogen) atoms. The van der Waals surface area contributed by atoms with Gasteiger partial charge in [0.1, 0.15) is 0 Å². The highest BCUT2D eigenvalue weighted by atomic mass is 32.2. The molecule has 1 amide bonds. The maximum absolute atomic E-state index is 12.1. The number of nitrogens with one attached hydrogen (secondary N) is 1. The second-order valence-corrected chi connectivity index (χ2v) is 7.79. The topological polar surface area (TPSA) is 86.7 Å². The summed E-state index contributed by atoms with van der Waals surface area (Å²) in [5.74, 6) is -0.0490. The van der Waals surface area contributed by atoms with Gasteiger partial charge in [0, 0.05) is 31.7 Å². The van der Waals surface area contributed by atoms with Crippen LogP contribution in [0.5, 0.6) is 0 Å². The first-order valence-corrected chi connectivity index (χ1v) is 8.81. The Kier molecular flexibility index (Phi) is 6.42. The molecule has 1 saturated heterocycles. The molecule has 0 aromatic carbocycles. The van der Waals surface area contributed by atoms with Crippen molar-refractivity contribution in [3.05, 3.63) is 0 Å². The fraction of sp³-hybridized carbons (Fsp3) is 0.923. The first kappa shape index (κ1) is 17.4. The smallest absolute Gasteiger partial charge is 0.223 e. The van der Waals surface area contributed by atoms with E-state index in [9.17, 15) is 13.2 Å². The van der Waals surface area contributed by atoms with Gasteiger partial charge in [0.15, 0.2) is 0 Å². The summed E-state index contributed by atoms with van der Waals surface area (Å²) in [5, 5.41) is 12.0. The van der Waals surface area contributed by atoms with Gasteiger partial charge in [-0.1, -0.05) is 6.92 Å². The van der Waals surface area contributed by atoms with E-state index >= 15 is 0 Å². The number of aliphatic hydroxyl groups excluding tert-OH is 1. The zero-order chi connectivity index (χ0) is 15.3. The highest BCUT2D eigenvalue weighted by Gasteiger charge is 2.30. The largest absolute Gasteiger partial charge is 0.396 e. The molecule has 0 saturated carbocycles. The third kappa shape index (κ3) is 4.43. The van der Waals surface area contributed by atoms with Crippen LogP contribution < -0.4 is 5.32 Å². The molecule has 1 fully saturated rings. The summed E-state index contributed by atoms with van der Waals surface area (Å²) in [7, 11) is -3.14. The number of hydrogen-bond donors (Lipinski definition) is 2. The van der Waals surface area contributed by atoms with E-state index in [1.165, 1.54) is 4.31 Å². The highest BCUT2D eigenvalue weighted by Crippen LogP contribution is 2.20. The van der Waals surface area contributed by atoms with Crippen molar-refractivity contribution >= 4 is 15.9 Å². The molecule has 118 valence electrons. The minimum absolute atomic E-state index is 0.0134. The lowest BCUT2D eigenvalue weighted by Gasteiger charge is -2.31. The molecule has 2 unspecified atom stereocenters. The maximum atomic E-state index is 12.1. The summed E-state index contributed by atoms with van der Waals surface area (Å²) in [6.07, 6.45) is 1.12. The normalized spacial score (nSPS) is 21.4. The summed E-state index contributed by atoms with van der Waals surface area (Å²) in [6, 6.07) is -0.0788. The molecular formula is C13H26N2O4S. The number of aliphatic hydroxyl groups is 1. The second kappa shape index (κ2) is 7.38. The molecule has 1 heterocycles. The van der Waals surface area contributed by atoms with Crippen LogP contribution in [0.15, 0.2) is 0 Å². The molecule has 0 aromatic heterocycles. The van der Waals surface area contributed by atoms with Gasteiger partial charge in [0.25, 0.3) is 0 Å². The lowest BCUT2D eigenvalue weighted by Crippen LogP contribution is -2.46. The van der Waals surface area contributed by atoms with Crippen molar-refractivity contribution in [2.45, 2.75) is 39.7 Å². The lowest BCUT2D eigenvalue weighted by atomic mass is 9.96. The van der Waals surface area contributed by atoms with Gasteiger partial charge in [0.05, 0.1) is 5.75 Å². The van der Waals surface area contributed by atoms with Gasteiger partial charge in [-0.25, -0.2) is 12.7 Å². The van der Waals surface area contributed by atoms with Crippen LogP contribution in [0.1, 0.15) is 33.6 Å². The average Bonchev–Trinajstić information content (AvgIpc) is 2.46. The molecule has 0 bridgehead atoms. The van der Waals surface area contributed by atoms with Crippen molar-refractivity contribution in [3.8, 4) is 0 Å². The van der Waals surface area contributed by atoms with Crippen molar-refractivity contribution in [3.63, 3.8) is 0 Å². The van der Waals surface area contributed by atoms with E-state index < -0.39 is 10.0 Å². The maximum Gasteiger partial charge on any atom is 0.223 e. The van der Waals surface area contributed by atoms with Crippen molar-refractivity contribution in [2.24, 2.45) is 11.8 Å². The van der Waals surface area contributed by atoms with E-state index in [1.54, 1.807) is 6.92 Å². The van der Waals surface area contributed by atoms with E-state index in [2.05, 4.69) is 5.32 Å². The van der Waals surface area contributed by atoms with Crippen molar-refractivity contribution in [1.82, 2.24) is 9.62 Å². The zero-order valence-electron chi connectivity index (χ0n) is 12.5. The number of carbonyl (C=O) groups is 1. The van der Waals surface area contributed by atoms with E-state index in [0.29, 0.717) is 25.9 Å². The minimum Gasteiger partial charge on any atom is -0.396 e. The Balaban J connectivity index is 2.47. The number of sulfonamides is 1. The first-order chi connectivity index (χ1) is 9.31. The Morgan fingerprint density at radius 2 is 1.90 bits per heavy atom. The van der Waals surface area contributed by atoms with Gasteiger partial charge >= 0.3 is 0 Å². The molecular weight excluding hydrogens is 280 g/mol. The van der Waals surface area contributed by atoms with Gasteiger partial charge in [-0.3, -0.25) is 4.79 Å². The van der Waals surface area contributed by atoms with Gasteiger partial charge in [0.2, 0.25) is 15.9 Å². The van der Waals surface area contributed by atoms with Crippen LogP contribution in [0.25, 0.3) is 0 Å². The molecule has 1 aliphatic heterocycles. The van der Waals surface area contributed by atoms with Gasteiger partial charge in [-0.2, -0.15) is 0 Å². The fourth-order valence-electron chi connectivity index (χ4n) is 2.22. The SMILES string of the molecule is CCS(=O)(=O)N1CCC(C(=O)NC(C)C(C)CO)CC1. The predicted molar refractivity (Wildman–Crippen MR) is 77.6 cm³/mol. The number of carbonyl (C=O) groups excluding carboxylic acids is 1. The Morgan fingerprint density at radius 1 is 1.35 bits per heavy atom. The average molecular weight is 306 g/mol.